The predicted molar refractivity (Wildman–Crippen MR) is 82.0 cm³/mol. The molecule has 0 aliphatic carbocycles. The van der Waals surface area contributed by atoms with E-state index in [4.69, 9.17) is 4.42 Å². The molecule has 114 valence electrons. The summed E-state index contributed by atoms with van der Waals surface area (Å²) in [6.07, 6.45) is 4.64. The summed E-state index contributed by atoms with van der Waals surface area (Å²) >= 11 is 0. The van der Waals surface area contributed by atoms with Crippen molar-refractivity contribution < 1.29 is 18.7 Å². The highest BCUT2D eigenvalue weighted by molar-refractivity contribution is 5.91. The van der Waals surface area contributed by atoms with Gasteiger partial charge in [0.1, 0.15) is 5.76 Å². The first kappa shape index (κ1) is 15.6. The van der Waals surface area contributed by atoms with Crippen molar-refractivity contribution in [1.82, 2.24) is 4.90 Å². The highest BCUT2D eigenvalue weighted by Crippen LogP contribution is 2.09. The van der Waals surface area contributed by atoms with Crippen molar-refractivity contribution in [2.75, 3.05) is 14.2 Å². The van der Waals surface area contributed by atoms with Crippen LogP contribution in [0.1, 0.15) is 21.7 Å². The molecule has 0 unspecified atom stereocenters. The van der Waals surface area contributed by atoms with E-state index in [0.29, 0.717) is 17.9 Å². The zero-order valence-electron chi connectivity index (χ0n) is 12.5. The fraction of sp³-hybridized carbons (Fsp3) is 0.176. The first-order valence-corrected chi connectivity index (χ1v) is 6.74. The monoisotopic (exact) mass is 299 g/mol. The van der Waals surface area contributed by atoms with E-state index in [1.54, 1.807) is 60.7 Å². The Balaban J connectivity index is 1.94. The standard InChI is InChI=1S/C17H17NO4/c1-18(16(19)10-9-15-4-3-11-22-15)12-13-5-7-14(8-6-13)17(20)21-2/h3-11H,12H2,1-2H3/b10-9+. The molecule has 0 spiro atoms. The highest BCUT2D eigenvalue weighted by atomic mass is 16.5. The molecular weight excluding hydrogens is 282 g/mol. The number of nitrogens with zero attached hydrogens (tertiary/aromatic N) is 1. The number of amides is 1. The number of esters is 1. The first-order chi connectivity index (χ1) is 10.6. The van der Waals surface area contributed by atoms with Crippen LogP contribution in [-0.2, 0) is 16.1 Å². The third-order valence-corrected chi connectivity index (χ3v) is 3.10. The Kier molecular flexibility index (Phi) is 5.14. The van der Waals surface area contributed by atoms with Crippen LogP contribution in [0.2, 0.25) is 0 Å². The zero-order chi connectivity index (χ0) is 15.9. The fourth-order valence-electron chi connectivity index (χ4n) is 1.88. The van der Waals surface area contributed by atoms with Gasteiger partial charge in [0, 0.05) is 19.7 Å². The van der Waals surface area contributed by atoms with Crippen LogP contribution in [0.3, 0.4) is 0 Å². The quantitative estimate of drug-likeness (QED) is 0.629. The van der Waals surface area contributed by atoms with Crippen LogP contribution in [-0.4, -0.2) is 30.9 Å². The van der Waals surface area contributed by atoms with Crippen LogP contribution >= 0.6 is 0 Å². The Morgan fingerprint density at radius 1 is 1.23 bits per heavy atom. The van der Waals surface area contributed by atoms with Gasteiger partial charge >= 0.3 is 5.97 Å². The SMILES string of the molecule is COC(=O)c1ccc(CN(C)C(=O)/C=C/c2ccco2)cc1. The smallest absolute Gasteiger partial charge is 0.337 e. The molecule has 1 heterocycles. The molecule has 0 atom stereocenters. The molecule has 22 heavy (non-hydrogen) atoms. The molecule has 1 amide bonds. The molecule has 1 aromatic heterocycles. The number of carbonyl (C=O) groups is 2. The molecule has 0 saturated heterocycles. The minimum absolute atomic E-state index is 0.131. The normalized spacial score (nSPS) is 10.6. The zero-order valence-corrected chi connectivity index (χ0v) is 12.5. The van der Waals surface area contributed by atoms with Crippen LogP contribution in [0.25, 0.3) is 6.08 Å². The van der Waals surface area contributed by atoms with Gasteiger partial charge in [-0.05, 0) is 35.9 Å². The van der Waals surface area contributed by atoms with Gasteiger partial charge in [0.05, 0.1) is 18.9 Å². The van der Waals surface area contributed by atoms with Gasteiger partial charge in [-0.25, -0.2) is 4.79 Å². The number of furan rings is 1. The fourth-order valence-corrected chi connectivity index (χ4v) is 1.88. The average molecular weight is 299 g/mol. The molecule has 5 nitrogen and oxygen atoms in total. The second-order valence-electron chi connectivity index (χ2n) is 4.73. The van der Waals surface area contributed by atoms with Crippen LogP contribution in [0.15, 0.2) is 53.2 Å². The van der Waals surface area contributed by atoms with Crippen LogP contribution < -0.4 is 0 Å². The molecule has 0 bridgehead atoms. The molecular formula is C17H17NO4. The van der Waals surface area contributed by atoms with Crippen molar-refractivity contribution in [2.45, 2.75) is 6.54 Å². The lowest BCUT2D eigenvalue weighted by Crippen LogP contribution is -2.24. The summed E-state index contributed by atoms with van der Waals surface area (Å²) in [6.45, 7) is 0.447. The largest absolute Gasteiger partial charge is 0.465 e. The number of likely N-dealkylation sites (N-methyl/N-ethyl adjacent to an activating group) is 1. The van der Waals surface area contributed by atoms with Gasteiger partial charge in [0.25, 0.3) is 0 Å². The Labute approximate surface area is 128 Å². The van der Waals surface area contributed by atoms with Crippen molar-refractivity contribution in [2.24, 2.45) is 0 Å². The Hall–Kier alpha value is -2.82. The summed E-state index contributed by atoms with van der Waals surface area (Å²) in [5.74, 6) is 0.120. The number of hydrogen-bond acceptors (Lipinski definition) is 4. The second kappa shape index (κ2) is 7.26. The van der Waals surface area contributed by atoms with Gasteiger partial charge in [0.2, 0.25) is 5.91 Å². The van der Waals surface area contributed by atoms with E-state index in [2.05, 4.69) is 4.74 Å². The van der Waals surface area contributed by atoms with Gasteiger partial charge in [-0.2, -0.15) is 0 Å². The molecule has 0 radical (unpaired) electrons. The van der Waals surface area contributed by atoms with E-state index in [-0.39, 0.29) is 11.9 Å². The highest BCUT2D eigenvalue weighted by Gasteiger charge is 2.08. The van der Waals surface area contributed by atoms with Crippen molar-refractivity contribution in [3.8, 4) is 0 Å². The topological polar surface area (TPSA) is 59.8 Å². The molecule has 0 N–H and O–H groups in total. The van der Waals surface area contributed by atoms with Crippen molar-refractivity contribution in [3.05, 3.63) is 65.6 Å². The number of ether oxygens (including phenoxy) is 1. The number of carbonyl (C=O) groups excluding carboxylic acids is 2. The molecule has 1 aromatic carbocycles. The maximum Gasteiger partial charge on any atom is 0.337 e. The van der Waals surface area contributed by atoms with Crippen LogP contribution in [0.5, 0.6) is 0 Å². The lowest BCUT2D eigenvalue weighted by atomic mass is 10.1. The Bertz CT molecular complexity index is 656. The van der Waals surface area contributed by atoms with E-state index in [9.17, 15) is 9.59 Å². The van der Waals surface area contributed by atoms with Gasteiger partial charge in [-0.3, -0.25) is 4.79 Å². The first-order valence-electron chi connectivity index (χ1n) is 6.74. The molecule has 0 aliphatic heterocycles. The number of methoxy groups -OCH3 is 1. The van der Waals surface area contributed by atoms with Crippen LogP contribution in [0, 0.1) is 0 Å². The third-order valence-electron chi connectivity index (χ3n) is 3.10. The molecule has 0 aliphatic rings. The molecule has 5 heteroatoms. The van der Waals surface area contributed by atoms with Crippen LogP contribution in [0.4, 0.5) is 0 Å². The summed E-state index contributed by atoms with van der Waals surface area (Å²) in [7, 11) is 3.05. The van der Waals surface area contributed by atoms with Crippen molar-refractivity contribution in [3.63, 3.8) is 0 Å². The summed E-state index contributed by atoms with van der Waals surface area (Å²) in [5.41, 5.74) is 1.41. The van der Waals surface area contributed by atoms with E-state index < -0.39 is 0 Å². The average Bonchev–Trinajstić information content (AvgIpc) is 3.06. The Morgan fingerprint density at radius 3 is 2.55 bits per heavy atom. The third kappa shape index (κ3) is 4.09. The summed E-state index contributed by atoms with van der Waals surface area (Å²) < 4.78 is 9.77. The van der Waals surface area contributed by atoms with Gasteiger partial charge in [-0.15, -0.1) is 0 Å². The number of hydrogen-bond donors (Lipinski definition) is 0. The van der Waals surface area contributed by atoms with E-state index in [1.807, 2.05) is 0 Å². The minimum Gasteiger partial charge on any atom is -0.465 e. The maximum atomic E-state index is 12.0. The van der Waals surface area contributed by atoms with Gasteiger partial charge in [0.15, 0.2) is 0 Å². The van der Waals surface area contributed by atoms with Gasteiger partial charge in [-0.1, -0.05) is 12.1 Å². The minimum atomic E-state index is -0.377. The lowest BCUT2D eigenvalue weighted by Gasteiger charge is -2.15. The summed E-state index contributed by atoms with van der Waals surface area (Å²) in [6, 6.07) is 10.5. The lowest BCUT2D eigenvalue weighted by molar-refractivity contribution is -0.125. The summed E-state index contributed by atoms with van der Waals surface area (Å²) in [5, 5.41) is 0. The van der Waals surface area contributed by atoms with Crippen molar-refractivity contribution in [1.29, 1.82) is 0 Å². The number of benzene rings is 1. The number of rotatable bonds is 5. The summed E-state index contributed by atoms with van der Waals surface area (Å²) in [4.78, 5) is 24.9. The van der Waals surface area contributed by atoms with Gasteiger partial charge < -0.3 is 14.1 Å². The van der Waals surface area contributed by atoms with E-state index in [1.165, 1.54) is 13.2 Å². The molecule has 2 rings (SSSR count). The predicted octanol–water partition coefficient (Wildman–Crippen LogP) is 2.74. The molecule has 0 saturated carbocycles. The van der Waals surface area contributed by atoms with Crippen molar-refractivity contribution >= 4 is 18.0 Å². The van der Waals surface area contributed by atoms with E-state index in [0.717, 1.165) is 5.56 Å². The Morgan fingerprint density at radius 2 is 1.95 bits per heavy atom. The molecule has 0 fully saturated rings. The molecule has 2 aromatic rings. The maximum absolute atomic E-state index is 12.0. The second-order valence-corrected chi connectivity index (χ2v) is 4.73. The van der Waals surface area contributed by atoms with E-state index >= 15 is 0 Å².